The first kappa shape index (κ1) is 12.8. The summed E-state index contributed by atoms with van der Waals surface area (Å²) in [6, 6.07) is 4.50. The summed E-state index contributed by atoms with van der Waals surface area (Å²) in [5.74, 6) is 1.85. The van der Waals surface area contributed by atoms with Gasteiger partial charge >= 0.3 is 0 Å². The van der Waals surface area contributed by atoms with Crippen molar-refractivity contribution < 1.29 is 9.47 Å². The van der Waals surface area contributed by atoms with E-state index < -0.39 is 0 Å². The molecule has 1 N–H and O–H groups in total. The average molecular weight is 223 g/mol. The first-order chi connectivity index (χ1) is 7.62. The molecule has 1 rings (SSSR count). The van der Waals surface area contributed by atoms with Gasteiger partial charge in [0.1, 0.15) is 11.5 Å². The largest absolute Gasteiger partial charge is 0.496 e. The zero-order valence-corrected chi connectivity index (χ0v) is 10.8. The van der Waals surface area contributed by atoms with Crippen LogP contribution < -0.4 is 14.8 Å². The van der Waals surface area contributed by atoms with Crippen LogP contribution in [0, 0.1) is 6.92 Å². The zero-order valence-electron chi connectivity index (χ0n) is 10.8. The molecule has 3 heteroatoms. The van der Waals surface area contributed by atoms with Gasteiger partial charge in [0, 0.05) is 6.04 Å². The number of aryl methyl sites for hydroxylation is 1. The van der Waals surface area contributed by atoms with Crippen LogP contribution >= 0.6 is 0 Å². The molecular weight excluding hydrogens is 202 g/mol. The molecule has 0 aliphatic rings. The predicted octanol–water partition coefficient (Wildman–Crippen LogP) is 2.16. The van der Waals surface area contributed by atoms with Crippen molar-refractivity contribution in [3.63, 3.8) is 0 Å². The Morgan fingerprint density at radius 2 is 1.81 bits per heavy atom. The Hall–Kier alpha value is -1.22. The Bertz CT molecular complexity index is 350. The van der Waals surface area contributed by atoms with Gasteiger partial charge in [0.15, 0.2) is 0 Å². The summed E-state index contributed by atoms with van der Waals surface area (Å²) in [6.07, 6.45) is 0.927. The van der Waals surface area contributed by atoms with E-state index >= 15 is 0 Å². The SMILES string of the molecule is CN[C@@H](C)Cc1cc(OC)c(C)cc1OC. The van der Waals surface area contributed by atoms with Crippen LogP contribution in [0.2, 0.25) is 0 Å². The second-order valence-electron chi connectivity index (χ2n) is 4.03. The second kappa shape index (κ2) is 5.75. The van der Waals surface area contributed by atoms with Crippen molar-refractivity contribution in [3.05, 3.63) is 23.3 Å². The van der Waals surface area contributed by atoms with E-state index in [4.69, 9.17) is 9.47 Å². The van der Waals surface area contributed by atoms with Gasteiger partial charge in [0.25, 0.3) is 0 Å². The van der Waals surface area contributed by atoms with Gasteiger partial charge in [-0.2, -0.15) is 0 Å². The number of ether oxygens (including phenoxy) is 2. The first-order valence-corrected chi connectivity index (χ1v) is 5.51. The molecule has 0 heterocycles. The number of rotatable bonds is 5. The highest BCUT2D eigenvalue weighted by Crippen LogP contribution is 2.28. The van der Waals surface area contributed by atoms with Crippen molar-refractivity contribution in [2.24, 2.45) is 0 Å². The molecule has 1 aromatic rings. The third-order valence-corrected chi connectivity index (χ3v) is 2.82. The van der Waals surface area contributed by atoms with Gasteiger partial charge in [-0.15, -0.1) is 0 Å². The summed E-state index contributed by atoms with van der Waals surface area (Å²) >= 11 is 0. The Morgan fingerprint density at radius 1 is 1.19 bits per heavy atom. The van der Waals surface area contributed by atoms with Crippen LogP contribution in [-0.4, -0.2) is 27.3 Å². The van der Waals surface area contributed by atoms with Gasteiger partial charge < -0.3 is 14.8 Å². The van der Waals surface area contributed by atoms with E-state index in [2.05, 4.69) is 18.3 Å². The normalized spacial score (nSPS) is 12.3. The minimum absolute atomic E-state index is 0.418. The van der Waals surface area contributed by atoms with Crippen LogP contribution in [0.15, 0.2) is 12.1 Å². The molecule has 90 valence electrons. The lowest BCUT2D eigenvalue weighted by molar-refractivity contribution is 0.394. The van der Waals surface area contributed by atoms with Crippen LogP contribution in [0.4, 0.5) is 0 Å². The zero-order chi connectivity index (χ0) is 12.1. The fourth-order valence-electron chi connectivity index (χ4n) is 1.71. The van der Waals surface area contributed by atoms with E-state index in [1.54, 1.807) is 14.2 Å². The summed E-state index contributed by atoms with van der Waals surface area (Å²) < 4.78 is 10.7. The molecule has 0 fully saturated rings. The van der Waals surface area contributed by atoms with E-state index in [9.17, 15) is 0 Å². The van der Waals surface area contributed by atoms with Crippen LogP contribution in [-0.2, 0) is 6.42 Å². The van der Waals surface area contributed by atoms with E-state index in [0.29, 0.717) is 6.04 Å². The maximum absolute atomic E-state index is 5.39. The van der Waals surface area contributed by atoms with E-state index in [1.165, 1.54) is 5.56 Å². The molecule has 16 heavy (non-hydrogen) atoms. The van der Waals surface area contributed by atoms with Crippen molar-refractivity contribution in [1.82, 2.24) is 5.32 Å². The monoisotopic (exact) mass is 223 g/mol. The highest BCUT2D eigenvalue weighted by Gasteiger charge is 2.10. The highest BCUT2D eigenvalue weighted by atomic mass is 16.5. The van der Waals surface area contributed by atoms with Gasteiger partial charge in [-0.3, -0.25) is 0 Å². The summed E-state index contributed by atoms with van der Waals surface area (Å²) in [4.78, 5) is 0. The molecule has 0 saturated heterocycles. The van der Waals surface area contributed by atoms with E-state index in [0.717, 1.165) is 23.5 Å². The van der Waals surface area contributed by atoms with Crippen molar-refractivity contribution >= 4 is 0 Å². The molecule has 0 aliphatic heterocycles. The summed E-state index contributed by atoms with van der Waals surface area (Å²) in [7, 11) is 5.36. The predicted molar refractivity (Wildman–Crippen MR) is 66.5 cm³/mol. The van der Waals surface area contributed by atoms with Crippen molar-refractivity contribution in [2.75, 3.05) is 21.3 Å². The van der Waals surface area contributed by atoms with E-state index in [-0.39, 0.29) is 0 Å². The molecule has 0 aromatic heterocycles. The molecule has 0 aliphatic carbocycles. The average Bonchev–Trinajstić information content (AvgIpc) is 2.30. The van der Waals surface area contributed by atoms with Crippen LogP contribution in [0.3, 0.4) is 0 Å². The Labute approximate surface area is 97.8 Å². The third kappa shape index (κ3) is 2.89. The number of likely N-dealkylation sites (N-methyl/N-ethyl adjacent to an activating group) is 1. The molecule has 0 amide bonds. The van der Waals surface area contributed by atoms with Gasteiger partial charge in [-0.1, -0.05) is 0 Å². The van der Waals surface area contributed by atoms with Crippen molar-refractivity contribution in [2.45, 2.75) is 26.3 Å². The standard InChI is InChI=1S/C13H21NO2/c1-9-6-13(16-5)11(7-10(2)14-3)8-12(9)15-4/h6,8,10,14H,7H2,1-5H3/t10-/m0/s1. The molecule has 0 bridgehead atoms. The minimum atomic E-state index is 0.418. The third-order valence-electron chi connectivity index (χ3n) is 2.82. The molecule has 0 radical (unpaired) electrons. The number of hydrogen-bond acceptors (Lipinski definition) is 3. The molecule has 0 saturated carbocycles. The van der Waals surface area contributed by atoms with Gasteiger partial charge in [-0.05, 0) is 50.6 Å². The maximum atomic E-state index is 5.39. The lowest BCUT2D eigenvalue weighted by atomic mass is 10.0. The van der Waals surface area contributed by atoms with Crippen LogP contribution in [0.5, 0.6) is 11.5 Å². The summed E-state index contributed by atoms with van der Waals surface area (Å²) in [5, 5.41) is 3.22. The number of benzene rings is 1. The topological polar surface area (TPSA) is 30.5 Å². The summed E-state index contributed by atoms with van der Waals surface area (Å²) in [6.45, 7) is 4.17. The molecule has 0 spiro atoms. The molecule has 3 nitrogen and oxygen atoms in total. The first-order valence-electron chi connectivity index (χ1n) is 5.51. The van der Waals surface area contributed by atoms with Crippen molar-refractivity contribution in [3.8, 4) is 11.5 Å². The van der Waals surface area contributed by atoms with Gasteiger partial charge in [-0.25, -0.2) is 0 Å². The maximum Gasteiger partial charge on any atom is 0.122 e. The Morgan fingerprint density at radius 3 is 2.31 bits per heavy atom. The lowest BCUT2D eigenvalue weighted by Gasteiger charge is -2.16. The molecule has 1 atom stereocenters. The summed E-state index contributed by atoms with van der Waals surface area (Å²) in [5.41, 5.74) is 2.27. The van der Waals surface area contributed by atoms with Gasteiger partial charge in [0.05, 0.1) is 14.2 Å². The van der Waals surface area contributed by atoms with Crippen molar-refractivity contribution in [1.29, 1.82) is 0 Å². The Balaban J connectivity index is 3.04. The number of methoxy groups -OCH3 is 2. The van der Waals surface area contributed by atoms with Crippen LogP contribution in [0.1, 0.15) is 18.1 Å². The fraction of sp³-hybridized carbons (Fsp3) is 0.538. The quantitative estimate of drug-likeness (QED) is 0.829. The minimum Gasteiger partial charge on any atom is -0.496 e. The molecular formula is C13H21NO2. The van der Waals surface area contributed by atoms with Gasteiger partial charge in [0.2, 0.25) is 0 Å². The van der Waals surface area contributed by atoms with Crippen LogP contribution in [0.25, 0.3) is 0 Å². The van der Waals surface area contributed by atoms with E-state index in [1.807, 2.05) is 20.0 Å². The molecule has 0 unspecified atom stereocenters. The highest BCUT2D eigenvalue weighted by molar-refractivity contribution is 5.46. The Kier molecular flexibility index (Phi) is 4.62. The fourth-order valence-corrected chi connectivity index (χ4v) is 1.71. The number of hydrogen-bond donors (Lipinski definition) is 1. The molecule has 1 aromatic carbocycles. The smallest absolute Gasteiger partial charge is 0.122 e. The number of nitrogens with one attached hydrogen (secondary N) is 1. The second-order valence-corrected chi connectivity index (χ2v) is 4.03. The lowest BCUT2D eigenvalue weighted by Crippen LogP contribution is -2.23.